The van der Waals surface area contributed by atoms with Gasteiger partial charge in [-0.3, -0.25) is 9.05 Å². The number of rotatable bonds is 7. The molecule has 1 rings (SSSR count). The summed E-state index contributed by atoms with van der Waals surface area (Å²) in [6.07, 6.45) is 1.18. The highest BCUT2D eigenvalue weighted by Gasteiger charge is 2.25. The maximum absolute atomic E-state index is 12.0. The Balaban J connectivity index is 2.74. The van der Waals surface area contributed by atoms with Crippen molar-refractivity contribution in [2.24, 2.45) is 0 Å². The van der Waals surface area contributed by atoms with Crippen molar-refractivity contribution in [1.29, 1.82) is 0 Å². The molecule has 0 saturated carbocycles. The van der Waals surface area contributed by atoms with E-state index >= 15 is 0 Å². The lowest BCUT2D eigenvalue weighted by atomic mass is 10.2. The zero-order valence-corrected chi connectivity index (χ0v) is 12.0. The molecule has 0 unspecified atom stereocenters. The average molecular weight is 291 g/mol. The summed E-state index contributed by atoms with van der Waals surface area (Å²) >= 11 is 6.02. The van der Waals surface area contributed by atoms with E-state index in [-0.39, 0.29) is 13.2 Å². The van der Waals surface area contributed by atoms with Crippen molar-refractivity contribution in [2.45, 2.75) is 13.8 Å². The average Bonchev–Trinajstić information content (AvgIpc) is 2.38. The summed E-state index contributed by atoms with van der Waals surface area (Å²) in [7, 11) is -3.55. The number of hydrogen-bond acceptors (Lipinski definition) is 4. The predicted octanol–water partition coefficient (Wildman–Crippen LogP) is 4.42. The van der Waals surface area contributed by atoms with Gasteiger partial charge in [-0.2, -0.15) is 0 Å². The van der Waals surface area contributed by atoms with Gasteiger partial charge in [0.1, 0.15) is 6.26 Å². The molecular formula is C12H16ClO4P. The molecular weight excluding hydrogens is 275 g/mol. The Morgan fingerprint density at radius 1 is 1.22 bits per heavy atom. The summed E-state index contributed by atoms with van der Waals surface area (Å²) in [6, 6.07) is 9.19. The van der Waals surface area contributed by atoms with Crippen LogP contribution in [-0.4, -0.2) is 13.2 Å². The van der Waals surface area contributed by atoms with Crippen molar-refractivity contribution in [1.82, 2.24) is 0 Å². The molecule has 0 saturated heterocycles. The van der Waals surface area contributed by atoms with E-state index in [1.54, 1.807) is 13.8 Å². The molecule has 0 aliphatic rings. The molecule has 0 amide bonds. The zero-order valence-electron chi connectivity index (χ0n) is 10.3. The Bertz CT molecular complexity index is 423. The summed E-state index contributed by atoms with van der Waals surface area (Å²) in [6.45, 7) is 3.87. The van der Waals surface area contributed by atoms with Gasteiger partial charge in [0.25, 0.3) is 0 Å². The SMILES string of the molecule is CCOP(=O)(O/C=C(\Cl)c1ccccc1)OCC. The van der Waals surface area contributed by atoms with E-state index in [0.717, 1.165) is 5.56 Å². The third-order valence-corrected chi connectivity index (χ3v) is 3.73. The molecule has 4 nitrogen and oxygen atoms in total. The molecule has 0 aromatic heterocycles. The number of halogens is 1. The summed E-state index contributed by atoms with van der Waals surface area (Å²) in [4.78, 5) is 0. The van der Waals surface area contributed by atoms with Crippen LogP contribution in [0.4, 0.5) is 0 Å². The summed E-state index contributed by atoms with van der Waals surface area (Å²) in [5, 5.41) is 0.329. The van der Waals surface area contributed by atoms with Gasteiger partial charge in [-0.15, -0.1) is 0 Å². The fourth-order valence-corrected chi connectivity index (χ4v) is 2.49. The second-order valence-corrected chi connectivity index (χ2v) is 5.25. The molecule has 0 radical (unpaired) electrons. The maximum atomic E-state index is 12.0. The van der Waals surface area contributed by atoms with Crippen LogP contribution < -0.4 is 0 Å². The molecule has 100 valence electrons. The molecule has 0 fully saturated rings. The Labute approximate surface area is 112 Å². The van der Waals surface area contributed by atoms with Crippen molar-refractivity contribution < 1.29 is 18.1 Å². The van der Waals surface area contributed by atoms with Gasteiger partial charge >= 0.3 is 7.82 Å². The van der Waals surface area contributed by atoms with Crippen molar-refractivity contribution in [3.8, 4) is 0 Å². The molecule has 0 heterocycles. The van der Waals surface area contributed by atoms with E-state index in [1.165, 1.54) is 6.26 Å². The second kappa shape index (κ2) is 7.59. The molecule has 0 aliphatic carbocycles. The lowest BCUT2D eigenvalue weighted by Gasteiger charge is -2.14. The van der Waals surface area contributed by atoms with Gasteiger partial charge in [0, 0.05) is 0 Å². The number of phosphoric ester groups is 1. The van der Waals surface area contributed by atoms with Crippen LogP contribution in [0.5, 0.6) is 0 Å². The molecule has 6 heteroatoms. The minimum absolute atomic E-state index is 0.230. The Kier molecular flexibility index (Phi) is 6.44. The van der Waals surface area contributed by atoms with Crippen LogP contribution in [0.3, 0.4) is 0 Å². The van der Waals surface area contributed by atoms with E-state index in [4.69, 9.17) is 25.2 Å². The minimum atomic E-state index is -3.55. The van der Waals surface area contributed by atoms with Crippen LogP contribution in [0, 0.1) is 0 Å². The van der Waals surface area contributed by atoms with Gasteiger partial charge in [-0.05, 0) is 19.4 Å². The maximum Gasteiger partial charge on any atom is 0.529 e. The van der Waals surface area contributed by atoms with Crippen molar-refractivity contribution in [2.75, 3.05) is 13.2 Å². The number of hydrogen-bond donors (Lipinski definition) is 0. The van der Waals surface area contributed by atoms with Crippen molar-refractivity contribution in [3.05, 3.63) is 42.2 Å². The molecule has 1 aromatic rings. The highest BCUT2D eigenvalue weighted by Crippen LogP contribution is 2.50. The van der Waals surface area contributed by atoms with Gasteiger partial charge in [-0.1, -0.05) is 41.9 Å². The Morgan fingerprint density at radius 2 is 1.78 bits per heavy atom. The normalized spacial score (nSPS) is 12.5. The first kappa shape index (κ1) is 15.3. The van der Waals surface area contributed by atoms with Crippen LogP contribution in [0.1, 0.15) is 19.4 Å². The lowest BCUT2D eigenvalue weighted by Crippen LogP contribution is -1.96. The Morgan fingerprint density at radius 3 is 2.28 bits per heavy atom. The van der Waals surface area contributed by atoms with Crippen LogP contribution in [0.15, 0.2) is 36.6 Å². The third-order valence-electron chi connectivity index (χ3n) is 1.91. The van der Waals surface area contributed by atoms with Gasteiger partial charge in [0.2, 0.25) is 0 Å². The van der Waals surface area contributed by atoms with Crippen LogP contribution >= 0.6 is 19.4 Å². The van der Waals surface area contributed by atoms with Gasteiger partial charge in [-0.25, -0.2) is 4.57 Å². The van der Waals surface area contributed by atoms with Crippen molar-refractivity contribution in [3.63, 3.8) is 0 Å². The Hall–Kier alpha value is -0.800. The van der Waals surface area contributed by atoms with E-state index in [0.29, 0.717) is 5.03 Å². The standard InChI is InChI=1S/C12H16ClO4P/c1-3-15-18(14,16-4-2)17-10-12(13)11-8-6-5-7-9-11/h5-10H,3-4H2,1-2H3/b12-10-. The van der Waals surface area contributed by atoms with E-state index in [1.807, 2.05) is 30.3 Å². The van der Waals surface area contributed by atoms with E-state index in [9.17, 15) is 4.57 Å². The third kappa shape index (κ3) is 4.83. The first-order valence-electron chi connectivity index (χ1n) is 5.60. The van der Waals surface area contributed by atoms with Gasteiger partial charge < -0.3 is 4.52 Å². The van der Waals surface area contributed by atoms with E-state index in [2.05, 4.69) is 0 Å². The first-order chi connectivity index (χ1) is 8.61. The fraction of sp³-hybridized carbons (Fsp3) is 0.333. The molecule has 0 N–H and O–H groups in total. The quantitative estimate of drug-likeness (QED) is 0.551. The predicted molar refractivity (Wildman–Crippen MR) is 72.2 cm³/mol. The summed E-state index contributed by atoms with van der Waals surface area (Å²) < 4.78 is 27.0. The molecule has 0 spiro atoms. The number of benzene rings is 1. The minimum Gasteiger partial charge on any atom is -0.410 e. The highest BCUT2D eigenvalue weighted by atomic mass is 35.5. The van der Waals surface area contributed by atoms with Crippen LogP contribution in [-0.2, 0) is 18.1 Å². The topological polar surface area (TPSA) is 44.8 Å². The second-order valence-electron chi connectivity index (χ2n) is 3.22. The smallest absolute Gasteiger partial charge is 0.410 e. The largest absolute Gasteiger partial charge is 0.529 e. The zero-order chi connectivity index (χ0) is 13.4. The molecule has 18 heavy (non-hydrogen) atoms. The molecule has 0 atom stereocenters. The molecule has 1 aromatic carbocycles. The van der Waals surface area contributed by atoms with Crippen LogP contribution in [0.25, 0.3) is 5.03 Å². The lowest BCUT2D eigenvalue weighted by molar-refractivity contribution is 0.154. The summed E-state index contributed by atoms with van der Waals surface area (Å²) in [5.41, 5.74) is 0.763. The molecule has 0 bridgehead atoms. The number of phosphoric acid groups is 1. The van der Waals surface area contributed by atoms with Gasteiger partial charge in [0.05, 0.1) is 18.2 Å². The van der Waals surface area contributed by atoms with Crippen molar-refractivity contribution >= 4 is 24.5 Å². The first-order valence-corrected chi connectivity index (χ1v) is 7.43. The summed E-state index contributed by atoms with van der Waals surface area (Å²) in [5.74, 6) is 0. The van der Waals surface area contributed by atoms with Crippen LogP contribution in [0.2, 0.25) is 0 Å². The van der Waals surface area contributed by atoms with E-state index < -0.39 is 7.82 Å². The fourth-order valence-electron chi connectivity index (χ4n) is 1.19. The molecule has 0 aliphatic heterocycles. The monoisotopic (exact) mass is 290 g/mol. The van der Waals surface area contributed by atoms with Gasteiger partial charge in [0.15, 0.2) is 0 Å². The highest BCUT2D eigenvalue weighted by molar-refractivity contribution is 7.48.